The quantitative estimate of drug-likeness (QED) is 0.105. The number of fused-ring (bicyclic) bond motifs is 3. The van der Waals surface area contributed by atoms with E-state index in [1.165, 1.54) is 105 Å². The predicted molar refractivity (Wildman–Crippen MR) is 251 cm³/mol. The highest BCUT2D eigenvalue weighted by atomic mass is 15.2. The number of unbranched alkanes of at least 4 members (excludes halogenated alkanes) is 6. The van der Waals surface area contributed by atoms with E-state index < -0.39 is 0 Å². The lowest BCUT2D eigenvalue weighted by atomic mass is 9.47. The van der Waals surface area contributed by atoms with Crippen LogP contribution in [0, 0.1) is 0 Å². The van der Waals surface area contributed by atoms with Crippen molar-refractivity contribution in [1.29, 1.82) is 0 Å². The molecule has 0 N–H and O–H groups in total. The van der Waals surface area contributed by atoms with E-state index in [4.69, 9.17) is 0 Å². The lowest BCUT2D eigenvalue weighted by Crippen LogP contribution is -2.52. The molecule has 0 radical (unpaired) electrons. The highest BCUT2D eigenvalue weighted by Gasteiger charge is 2.73. The van der Waals surface area contributed by atoms with Crippen LogP contribution in [0.1, 0.15) is 80.2 Å². The third kappa shape index (κ3) is 2.49. The molecule has 2 spiro atoms. The Bertz CT molecular complexity index is 4220. The van der Waals surface area contributed by atoms with E-state index in [1.54, 1.807) is 108 Å². The topological polar surface area (TPSA) is 3.24 Å². The van der Waals surface area contributed by atoms with Crippen molar-refractivity contribution < 1.29 is 0 Å². The fourth-order valence-electron chi connectivity index (χ4n) is 16.8. The summed E-state index contributed by atoms with van der Waals surface area (Å²) >= 11 is 0. The van der Waals surface area contributed by atoms with E-state index in [0.29, 0.717) is 0 Å². The fraction of sp³-hybridized carbons (Fsp3) is 0.241. The number of allylic oxidation sites excluding steroid dienone is 2. The molecule has 5 aliphatic rings. The van der Waals surface area contributed by atoms with Gasteiger partial charge in [-0.2, -0.15) is 0 Å². The average molecular weight is 750 g/mol. The molecule has 1 heterocycles. The van der Waals surface area contributed by atoms with Gasteiger partial charge in [0.25, 0.3) is 0 Å². The summed E-state index contributed by atoms with van der Waals surface area (Å²) in [4.78, 5) is 2.82. The van der Waals surface area contributed by atoms with Gasteiger partial charge in [-0.1, -0.05) is 130 Å². The first kappa shape index (κ1) is 29.4. The number of hydrogen-bond donors (Lipinski definition) is 0. The summed E-state index contributed by atoms with van der Waals surface area (Å²) in [6.45, 7) is 3.35. The number of likely N-dealkylation sites (N-methyl/N-ethyl adjacent to an activating group) is 1. The first-order valence-electron chi connectivity index (χ1n) is 22.9. The van der Waals surface area contributed by atoms with Crippen molar-refractivity contribution in [1.82, 2.24) is 4.90 Å². The normalized spacial score (nSPS) is 23.3. The van der Waals surface area contributed by atoms with Gasteiger partial charge in [-0.05, 0) is 182 Å². The second-order valence-electron chi connectivity index (χ2n) is 20.2. The van der Waals surface area contributed by atoms with Gasteiger partial charge >= 0.3 is 0 Å². The van der Waals surface area contributed by atoms with Gasteiger partial charge in [0.1, 0.15) is 0 Å². The average Bonchev–Trinajstić information content (AvgIpc) is 4.10. The smallest absolute Gasteiger partial charge is 0.0568 e. The summed E-state index contributed by atoms with van der Waals surface area (Å²) in [6.07, 6.45) is 16.0. The lowest BCUT2D eigenvalue weighted by molar-refractivity contribution is 0.280. The van der Waals surface area contributed by atoms with E-state index in [9.17, 15) is 0 Å². The summed E-state index contributed by atoms with van der Waals surface area (Å²) in [5, 5.41) is 37.0. The minimum atomic E-state index is -0.229. The summed E-state index contributed by atoms with van der Waals surface area (Å²) in [5.41, 5.74) is 9.13. The zero-order chi connectivity index (χ0) is 37.7. The molecule has 3 unspecified atom stereocenters. The Morgan fingerprint density at radius 3 is 1.53 bits per heavy atom. The fourth-order valence-corrected chi connectivity index (χ4v) is 16.8. The van der Waals surface area contributed by atoms with Crippen molar-refractivity contribution in [2.75, 3.05) is 13.6 Å². The first-order valence-corrected chi connectivity index (χ1v) is 22.9. The predicted octanol–water partition coefficient (Wildman–Crippen LogP) is 13.2. The maximum atomic E-state index is 2.82. The van der Waals surface area contributed by atoms with E-state index in [-0.39, 0.29) is 16.9 Å². The highest BCUT2D eigenvalue weighted by molar-refractivity contribution is 6.64. The van der Waals surface area contributed by atoms with Crippen molar-refractivity contribution in [2.24, 2.45) is 0 Å². The summed E-state index contributed by atoms with van der Waals surface area (Å²) in [7, 11) is 2.48. The number of aryl methyl sites for hydroxylation is 1. The van der Waals surface area contributed by atoms with E-state index >= 15 is 0 Å². The summed E-state index contributed by atoms with van der Waals surface area (Å²) in [6, 6.07) is 30.6. The molecule has 1 fully saturated rings. The molecule has 13 aromatic rings. The van der Waals surface area contributed by atoms with Gasteiger partial charge in [-0.15, -0.1) is 0 Å². The Balaban J connectivity index is 1.03. The molecule has 1 heteroatoms. The second kappa shape index (κ2) is 8.74. The number of nitrogens with zero attached hydrogens (tertiary/aromatic N) is 1. The van der Waals surface area contributed by atoms with Crippen LogP contribution in [-0.2, 0) is 17.3 Å². The van der Waals surface area contributed by atoms with Crippen molar-refractivity contribution in [3.8, 4) is 0 Å². The van der Waals surface area contributed by atoms with Crippen LogP contribution in [0.5, 0.6) is 0 Å². The van der Waals surface area contributed by atoms with Crippen molar-refractivity contribution in [3.63, 3.8) is 0 Å². The van der Waals surface area contributed by atoms with Gasteiger partial charge in [-0.3, -0.25) is 4.90 Å². The molecule has 59 heavy (non-hydrogen) atoms. The van der Waals surface area contributed by atoms with Crippen LogP contribution in [0.25, 0.3) is 130 Å². The molecule has 18 rings (SSSR count). The minimum absolute atomic E-state index is 0.172. The van der Waals surface area contributed by atoms with Crippen molar-refractivity contribution >= 4 is 130 Å². The molecule has 0 aromatic heterocycles. The van der Waals surface area contributed by atoms with Crippen LogP contribution in [0.15, 0.2) is 84.9 Å². The van der Waals surface area contributed by atoms with Crippen LogP contribution in [0.2, 0.25) is 0 Å². The lowest BCUT2D eigenvalue weighted by Gasteiger charge is -2.52. The zero-order valence-electron chi connectivity index (χ0n) is 33.5. The van der Waals surface area contributed by atoms with Crippen molar-refractivity contribution in [3.05, 3.63) is 118 Å². The van der Waals surface area contributed by atoms with Crippen LogP contribution in [-0.4, -0.2) is 18.5 Å². The summed E-state index contributed by atoms with van der Waals surface area (Å²) < 4.78 is 0. The van der Waals surface area contributed by atoms with Crippen LogP contribution in [0.4, 0.5) is 0 Å². The Morgan fingerprint density at radius 1 is 0.458 bits per heavy atom. The van der Waals surface area contributed by atoms with E-state index in [0.717, 1.165) is 6.54 Å². The number of likely N-dealkylation sites (tertiary alicyclic amines) is 1. The Morgan fingerprint density at radius 2 is 0.915 bits per heavy atom. The van der Waals surface area contributed by atoms with Gasteiger partial charge in [-0.25, -0.2) is 0 Å². The zero-order valence-corrected chi connectivity index (χ0v) is 33.5. The van der Waals surface area contributed by atoms with E-state index in [1.807, 2.05) is 0 Å². The van der Waals surface area contributed by atoms with Crippen molar-refractivity contribution in [2.45, 2.75) is 75.2 Å². The molecule has 1 nitrogen and oxygen atoms in total. The molecule has 3 atom stereocenters. The van der Waals surface area contributed by atoms with Gasteiger partial charge in [0.15, 0.2) is 0 Å². The molecular weight excluding hydrogens is 711 g/mol. The van der Waals surface area contributed by atoms with Gasteiger partial charge in [0.2, 0.25) is 0 Å². The minimum Gasteiger partial charge on any atom is -0.297 e. The van der Waals surface area contributed by atoms with Gasteiger partial charge in [0, 0.05) is 12.6 Å². The number of benzene rings is 9. The van der Waals surface area contributed by atoms with Gasteiger partial charge < -0.3 is 0 Å². The maximum absolute atomic E-state index is 2.82. The SMILES string of the molecule is CCCCCCCCCc1ccc(C2N(C)CC34C5=c6ccc7c8ccc9c%10ccc%11c%12ccc%13c%14c(c%15c%16c3c6c7c3c8c9c6c%10c%11c(c%14%12)c%15c6c%163)C24C=%13C=C5)cc1. The Labute approximate surface area is 339 Å². The Hall–Kier alpha value is -5.76. The van der Waals surface area contributed by atoms with Crippen LogP contribution < -0.4 is 10.4 Å². The molecule has 1 saturated heterocycles. The second-order valence-corrected chi connectivity index (χ2v) is 20.2. The standard InChI is InChI=1S/C58H39N/c1-3-4-5-6-7-8-9-10-26-11-13-27(14-12-26)56-58-37-24-23-36-34-21-19-32-30-17-15-28-29-16-18-31-33-20-22-35(37)45-43(33)48-41(31)39(29)46-38(28)40(30)47-42(32)44(34)54(57(36,58)25-59(56)2)52-50(47)49(46)51(48)53(52)55(45)58/h11-24,56H,3-10,25H2,1-2H3. The van der Waals surface area contributed by atoms with Crippen LogP contribution in [0.3, 0.4) is 0 Å². The number of hydrogen-bond acceptors (Lipinski definition) is 1. The van der Waals surface area contributed by atoms with E-state index in [2.05, 4.69) is 104 Å². The molecule has 13 aromatic carbocycles. The maximum Gasteiger partial charge on any atom is 0.0568 e. The third-order valence-electron chi connectivity index (χ3n) is 18.3. The molecule has 0 bridgehead atoms. The van der Waals surface area contributed by atoms with Crippen LogP contribution >= 0.6 is 0 Å². The van der Waals surface area contributed by atoms with Gasteiger partial charge in [0.05, 0.1) is 10.8 Å². The molecule has 276 valence electrons. The summed E-state index contributed by atoms with van der Waals surface area (Å²) in [5.74, 6) is 0. The largest absolute Gasteiger partial charge is 0.297 e. The number of rotatable bonds is 9. The molecule has 0 amide bonds. The highest BCUT2D eigenvalue weighted by Crippen LogP contribution is 2.78. The molecule has 0 saturated carbocycles. The third-order valence-corrected chi connectivity index (χ3v) is 18.3. The first-order chi connectivity index (χ1) is 29.2. The Kier molecular flexibility index (Phi) is 4.36. The molecule has 1 aliphatic heterocycles. The molecule has 4 aliphatic carbocycles. The monoisotopic (exact) mass is 749 g/mol. The molecular formula is C58H39N.